The minimum atomic E-state index is -0.0874. The zero-order valence-electron chi connectivity index (χ0n) is 20.9. The lowest BCUT2D eigenvalue weighted by molar-refractivity contribution is -0.0503. The maximum absolute atomic E-state index is 13.3. The molecule has 184 valence electrons. The van der Waals surface area contributed by atoms with Crippen LogP contribution in [0.25, 0.3) is 5.65 Å². The predicted molar refractivity (Wildman–Crippen MR) is 133 cm³/mol. The number of nitrogens with zero attached hydrogens (tertiary/aromatic N) is 4. The summed E-state index contributed by atoms with van der Waals surface area (Å²) in [6.07, 6.45) is 9.75. The van der Waals surface area contributed by atoms with Gasteiger partial charge in [-0.25, -0.2) is 4.98 Å². The van der Waals surface area contributed by atoms with Gasteiger partial charge in [0.15, 0.2) is 0 Å². The zero-order valence-corrected chi connectivity index (χ0v) is 20.9. The first kappa shape index (κ1) is 23.3. The number of carbonyl (C=O) groups excluding carboxylic acids is 2. The Labute approximate surface area is 202 Å². The molecule has 7 heteroatoms. The molecular weight excluding hydrogens is 426 g/mol. The normalized spacial score (nSPS) is 27.5. The molecule has 2 aromatic rings. The molecule has 0 unspecified atom stereocenters. The van der Waals surface area contributed by atoms with Gasteiger partial charge in [0.2, 0.25) is 0 Å². The Balaban J connectivity index is 1.29. The number of imidazole rings is 1. The van der Waals surface area contributed by atoms with Crippen LogP contribution in [0.1, 0.15) is 73.3 Å². The van der Waals surface area contributed by atoms with E-state index in [0.29, 0.717) is 35.5 Å². The van der Waals surface area contributed by atoms with E-state index in [1.54, 1.807) is 10.6 Å². The molecule has 2 amide bonds. The standard InChI is InChI=1S/C27H39N5O2/c1-4-30(3)9-10-31(5-2)26(34)22-17-32-23(7-6-8-24(32)29-22)25(33)28-18-27-14-19-11-20(15-27)13-21(12-19)16-27/h6-8,17,19-21H,4-5,9-16,18H2,1-3H3,(H,28,33). The highest BCUT2D eigenvalue weighted by Gasteiger charge is 2.50. The topological polar surface area (TPSA) is 70.0 Å². The fourth-order valence-electron chi connectivity index (χ4n) is 7.18. The van der Waals surface area contributed by atoms with E-state index in [9.17, 15) is 9.59 Å². The summed E-state index contributed by atoms with van der Waals surface area (Å²) in [7, 11) is 2.05. The zero-order chi connectivity index (χ0) is 23.9. The second-order valence-electron chi connectivity index (χ2n) is 11.1. The van der Waals surface area contributed by atoms with E-state index < -0.39 is 0 Å². The van der Waals surface area contributed by atoms with Crippen LogP contribution in [0.4, 0.5) is 0 Å². The van der Waals surface area contributed by atoms with Crippen LogP contribution in [0.3, 0.4) is 0 Å². The molecule has 0 saturated heterocycles. The van der Waals surface area contributed by atoms with Crippen molar-refractivity contribution >= 4 is 17.5 Å². The molecule has 0 atom stereocenters. The van der Waals surface area contributed by atoms with Crippen LogP contribution in [0.5, 0.6) is 0 Å². The molecule has 4 saturated carbocycles. The number of hydrogen-bond acceptors (Lipinski definition) is 4. The summed E-state index contributed by atoms with van der Waals surface area (Å²) >= 11 is 0. The molecule has 0 radical (unpaired) electrons. The molecule has 0 aromatic carbocycles. The van der Waals surface area contributed by atoms with E-state index >= 15 is 0 Å². The molecule has 6 rings (SSSR count). The van der Waals surface area contributed by atoms with Crippen molar-refractivity contribution in [3.05, 3.63) is 35.8 Å². The van der Waals surface area contributed by atoms with Gasteiger partial charge in [-0.1, -0.05) is 13.0 Å². The molecule has 4 aliphatic rings. The van der Waals surface area contributed by atoms with E-state index in [1.165, 1.54) is 38.5 Å². The minimum Gasteiger partial charge on any atom is -0.350 e. The summed E-state index contributed by atoms with van der Waals surface area (Å²) in [5, 5.41) is 3.27. The van der Waals surface area contributed by atoms with Crippen molar-refractivity contribution in [2.75, 3.05) is 39.8 Å². The molecule has 4 fully saturated rings. The van der Waals surface area contributed by atoms with Gasteiger partial charge in [-0.05, 0) is 94.3 Å². The lowest BCUT2D eigenvalue weighted by Crippen LogP contribution is -2.51. The third-order valence-electron chi connectivity index (χ3n) is 8.69. The third-order valence-corrected chi connectivity index (χ3v) is 8.69. The molecular formula is C27H39N5O2. The summed E-state index contributed by atoms with van der Waals surface area (Å²) in [5.41, 5.74) is 1.86. The Morgan fingerprint density at radius 1 is 1.06 bits per heavy atom. The Hall–Kier alpha value is -2.41. The largest absolute Gasteiger partial charge is 0.350 e. The summed E-state index contributed by atoms with van der Waals surface area (Å²) < 4.78 is 1.77. The van der Waals surface area contributed by atoms with Crippen molar-refractivity contribution in [3.8, 4) is 0 Å². The highest BCUT2D eigenvalue weighted by molar-refractivity contribution is 5.95. The Morgan fingerprint density at radius 3 is 2.35 bits per heavy atom. The molecule has 2 heterocycles. The molecule has 0 spiro atoms. The highest BCUT2D eigenvalue weighted by atomic mass is 16.2. The van der Waals surface area contributed by atoms with Gasteiger partial charge >= 0.3 is 0 Å². The van der Waals surface area contributed by atoms with Crippen molar-refractivity contribution in [3.63, 3.8) is 0 Å². The van der Waals surface area contributed by atoms with E-state index in [-0.39, 0.29) is 11.8 Å². The van der Waals surface area contributed by atoms with Crippen LogP contribution in [0.2, 0.25) is 0 Å². The Bertz CT molecular complexity index is 1030. The van der Waals surface area contributed by atoms with E-state index in [2.05, 4.69) is 29.2 Å². The van der Waals surface area contributed by atoms with Crippen LogP contribution in [0.15, 0.2) is 24.4 Å². The molecule has 1 N–H and O–H groups in total. The van der Waals surface area contributed by atoms with Crippen molar-refractivity contribution < 1.29 is 9.59 Å². The molecule has 34 heavy (non-hydrogen) atoms. The number of pyridine rings is 1. The quantitative estimate of drug-likeness (QED) is 0.613. The Morgan fingerprint density at radius 2 is 1.74 bits per heavy atom. The van der Waals surface area contributed by atoms with Crippen molar-refractivity contribution in [2.45, 2.75) is 52.4 Å². The smallest absolute Gasteiger partial charge is 0.274 e. The molecule has 4 aliphatic carbocycles. The molecule has 7 nitrogen and oxygen atoms in total. The monoisotopic (exact) mass is 465 g/mol. The first-order valence-electron chi connectivity index (χ1n) is 13.1. The molecule has 4 bridgehead atoms. The highest BCUT2D eigenvalue weighted by Crippen LogP contribution is 2.59. The molecule has 0 aliphatic heterocycles. The lowest BCUT2D eigenvalue weighted by Gasteiger charge is -2.56. The number of hydrogen-bond donors (Lipinski definition) is 1. The maximum Gasteiger partial charge on any atom is 0.274 e. The summed E-state index contributed by atoms with van der Waals surface area (Å²) in [4.78, 5) is 35.0. The second kappa shape index (κ2) is 9.33. The van der Waals surface area contributed by atoms with Crippen LogP contribution < -0.4 is 5.32 Å². The van der Waals surface area contributed by atoms with Gasteiger partial charge in [0.1, 0.15) is 17.0 Å². The second-order valence-corrected chi connectivity index (χ2v) is 11.1. The van der Waals surface area contributed by atoms with Crippen LogP contribution in [0, 0.1) is 23.2 Å². The number of aromatic nitrogens is 2. The van der Waals surface area contributed by atoms with Crippen molar-refractivity contribution in [2.24, 2.45) is 23.2 Å². The van der Waals surface area contributed by atoms with E-state index in [4.69, 9.17) is 0 Å². The first-order valence-corrected chi connectivity index (χ1v) is 13.1. The van der Waals surface area contributed by atoms with Gasteiger partial charge < -0.3 is 15.1 Å². The minimum absolute atomic E-state index is 0.0744. The number of nitrogens with one attached hydrogen (secondary N) is 1. The van der Waals surface area contributed by atoms with E-state index in [0.717, 1.165) is 37.4 Å². The SMILES string of the molecule is CCN(C)CCN(CC)C(=O)c1cn2c(C(=O)NCC34CC5CC(CC(C5)C3)C4)cccc2n1. The van der Waals surface area contributed by atoms with Gasteiger partial charge in [0, 0.05) is 32.4 Å². The molecule has 2 aromatic heterocycles. The van der Waals surface area contributed by atoms with Crippen LogP contribution >= 0.6 is 0 Å². The number of carbonyl (C=O) groups is 2. The number of rotatable bonds is 9. The summed E-state index contributed by atoms with van der Waals surface area (Å²) in [6.45, 7) is 7.91. The predicted octanol–water partition coefficient (Wildman–Crippen LogP) is 3.69. The first-order chi connectivity index (χ1) is 16.4. The fourth-order valence-corrected chi connectivity index (χ4v) is 7.18. The summed E-state index contributed by atoms with van der Waals surface area (Å²) in [6, 6.07) is 5.53. The number of likely N-dealkylation sites (N-methyl/N-ethyl adjacent to an activating group) is 2. The number of amides is 2. The van der Waals surface area contributed by atoms with E-state index in [1.807, 2.05) is 30.0 Å². The van der Waals surface area contributed by atoms with Crippen molar-refractivity contribution in [1.82, 2.24) is 24.5 Å². The van der Waals surface area contributed by atoms with Gasteiger partial charge in [-0.2, -0.15) is 0 Å². The number of fused-ring (bicyclic) bond motifs is 1. The lowest BCUT2D eigenvalue weighted by atomic mass is 9.49. The van der Waals surface area contributed by atoms with Gasteiger partial charge in [0.05, 0.1) is 0 Å². The maximum atomic E-state index is 13.3. The van der Waals surface area contributed by atoms with Crippen molar-refractivity contribution in [1.29, 1.82) is 0 Å². The van der Waals surface area contributed by atoms with Gasteiger partial charge in [-0.3, -0.25) is 14.0 Å². The average Bonchev–Trinajstić information content (AvgIpc) is 3.26. The van der Waals surface area contributed by atoms with Gasteiger partial charge in [-0.15, -0.1) is 0 Å². The third kappa shape index (κ3) is 4.47. The average molecular weight is 466 g/mol. The Kier molecular flexibility index (Phi) is 6.40. The fraction of sp³-hybridized carbons (Fsp3) is 0.667. The van der Waals surface area contributed by atoms with Gasteiger partial charge in [0.25, 0.3) is 11.8 Å². The van der Waals surface area contributed by atoms with Crippen LogP contribution in [-0.4, -0.2) is 70.8 Å². The van der Waals surface area contributed by atoms with Crippen LogP contribution in [-0.2, 0) is 0 Å². The summed E-state index contributed by atoms with van der Waals surface area (Å²) in [5.74, 6) is 2.44.